The number of nitrogens with two attached hydrogens (primary N) is 1. The Morgan fingerprint density at radius 3 is 2.39 bits per heavy atom. The highest BCUT2D eigenvalue weighted by Crippen LogP contribution is 2.27. The molecule has 0 aliphatic heterocycles. The van der Waals surface area contributed by atoms with Crippen molar-refractivity contribution in [3.05, 3.63) is 18.2 Å². The number of carbonyl (C=O) groups is 1. The van der Waals surface area contributed by atoms with Crippen molar-refractivity contribution in [3.8, 4) is 11.5 Å². The number of anilines is 1. The number of rotatable bonds is 11. The minimum atomic E-state index is -0.228. The Morgan fingerprint density at radius 2 is 1.74 bits per heavy atom. The molecular weight excluding hydrogens is 358 g/mol. The molecule has 0 amide bonds. The second-order valence-electron chi connectivity index (χ2n) is 5.54. The molecule has 0 unspecified atom stereocenters. The molecule has 5 heteroatoms. The van der Waals surface area contributed by atoms with E-state index in [2.05, 4.69) is 13.8 Å². The smallest absolute Gasteiger partial charge is 0.311 e. The maximum Gasteiger partial charge on any atom is 0.311 e. The van der Waals surface area contributed by atoms with Crippen molar-refractivity contribution in [1.82, 2.24) is 0 Å². The van der Waals surface area contributed by atoms with Gasteiger partial charge in [-0.25, -0.2) is 0 Å². The van der Waals surface area contributed by atoms with Crippen LogP contribution in [0.15, 0.2) is 18.2 Å². The fourth-order valence-electron chi connectivity index (χ4n) is 2.12. The molecule has 23 heavy (non-hydrogen) atoms. The number of hydrogen-bond donors (Lipinski definition) is 1. The number of esters is 1. The summed E-state index contributed by atoms with van der Waals surface area (Å²) in [6, 6.07) is 5.22. The molecule has 0 spiro atoms. The molecule has 0 saturated heterocycles. The standard InChI is InChI=1S/C18H29NO3.BrH/c1-3-5-7-9-13-21-15-11-12-17(16(19)14-15)22-18(20)10-8-6-4-2;/h11-12,14H,3-10,13,19H2,1-2H3;1H. The summed E-state index contributed by atoms with van der Waals surface area (Å²) >= 11 is 0. The summed E-state index contributed by atoms with van der Waals surface area (Å²) in [5.74, 6) is 0.910. The summed E-state index contributed by atoms with van der Waals surface area (Å²) in [4.78, 5) is 11.7. The van der Waals surface area contributed by atoms with E-state index in [-0.39, 0.29) is 23.0 Å². The van der Waals surface area contributed by atoms with Gasteiger partial charge < -0.3 is 15.2 Å². The minimum absolute atomic E-state index is 0. The first-order chi connectivity index (χ1) is 10.7. The average molecular weight is 388 g/mol. The summed E-state index contributed by atoms with van der Waals surface area (Å²) in [5, 5.41) is 0. The van der Waals surface area contributed by atoms with Crippen LogP contribution >= 0.6 is 17.0 Å². The number of hydrogen-bond acceptors (Lipinski definition) is 4. The molecule has 0 atom stereocenters. The third-order valence-corrected chi connectivity index (χ3v) is 3.46. The fraction of sp³-hybridized carbons (Fsp3) is 0.611. The molecule has 1 aromatic rings. The zero-order chi connectivity index (χ0) is 16.2. The van der Waals surface area contributed by atoms with Crippen molar-refractivity contribution >= 4 is 28.6 Å². The zero-order valence-corrected chi connectivity index (χ0v) is 16.0. The van der Waals surface area contributed by atoms with Crippen LogP contribution in [0.1, 0.15) is 65.2 Å². The molecule has 0 heterocycles. The Bertz CT molecular complexity index is 452. The third kappa shape index (κ3) is 9.49. The molecule has 0 aliphatic rings. The van der Waals surface area contributed by atoms with Gasteiger partial charge in [-0.15, -0.1) is 17.0 Å². The predicted molar refractivity (Wildman–Crippen MR) is 101 cm³/mol. The molecule has 2 N–H and O–H groups in total. The van der Waals surface area contributed by atoms with Crippen molar-refractivity contribution in [3.63, 3.8) is 0 Å². The number of ether oxygens (including phenoxy) is 2. The molecule has 0 aliphatic carbocycles. The van der Waals surface area contributed by atoms with Gasteiger partial charge in [0.25, 0.3) is 0 Å². The van der Waals surface area contributed by atoms with Crippen LogP contribution in [0.2, 0.25) is 0 Å². The van der Waals surface area contributed by atoms with Crippen molar-refractivity contribution in [2.75, 3.05) is 12.3 Å². The fourth-order valence-corrected chi connectivity index (χ4v) is 2.12. The number of unbranched alkanes of at least 4 members (excludes halogenated alkanes) is 5. The second kappa shape index (κ2) is 13.2. The van der Waals surface area contributed by atoms with Crippen molar-refractivity contribution in [2.45, 2.75) is 65.2 Å². The van der Waals surface area contributed by atoms with Gasteiger partial charge in [-0.1, -0.05) is 46.0 Å². The average Bonchev–Trinajstić information content (AvgIpc) is 2.50. The van der Waals surface area contributed by atoms with Crippen LogP contribution in [0.25, 0.3) is 0 Å². The maximum absolute atomic E-state index is 11.7. The molecule has 0 fully saturated rings. The molecular formula is C18H30BrNO3. The number of nitrogen functional groups attached to an aromatic ring is 1. The largest absolute Gasteiger partial charge is 0.494 e. The second-order valence-corrected chi connectivity index (χ2v) is 5.54. The van der Waals surface area contributed by atoms with Gasteiger partial charge in [0.05, 0.1) is 12.3 Å². The highest BCUT2D eigenvalue weighted by molar-refractivity contribution is 8.93. The maximum atomic E-state index is 11.7. The van der Waals surface area contributed by atoms with Crippen LogP contribution in [0.3, 0.4) is 0 Å². The molecule has 132 valence electrons. The molecule has 1 aromatic carbocycles. The summed E-state index contributed by atoms with van der Waals surface area (Å²) in [5.41, 5.74) is 6.36. The highest BCUT2D eigenvalue weighted by Gasteiger charge is 2.08. The van der Waals surface area contributed by atoms with Gasteiger partial charge in [0.15, 0.2) is 5.75 Å². The van der Waals surface area contributed by atoms with Gasteiger partial charge in [0.2, 0.25) is 0 Å². The number of halogens is 1. The van der Waals surface area contributed by atoms with Gasteiger partial charge in [-0.2, -0.15) is 0 Å². The Labute approximate surface area is 150 Å². The molecule has 4 nitrogen and oxygen atoms in total. The lowest BCUT2D eigenvalue weighted by Gasteiger charge is -2.10. The van der Waals surface area contributed by atoms with Crippen LogP contribution in [-0.2, 0) is 4.79 Å². The van der Waals surface area contributed by atoms with E-state index < -0.39 is 0 Å². The van der Waals surface area contributed by atoms with E-state index in [9.17, 15) is 4.79 Å². The molecule has 0 bridgehead atoms. The summed E-state index contributed by atoms with van der Waals surface area (Å²) < 4.78 is 10.9. The van der Waals surface area contributed by atoms with Crippen molar-refractivity contribution in [1.29, 1.82) is 0 Å². The predicted octanol–water partition coefficient (Wildman–Crippen LogP) is 5.29. The van der Waals surface area contributed by atoms with Crippen LogP contribution in [-0.4, -0.2) is 12.6 Å². The minimum Gasteiger partial charge on any atom is -0.494 e. The Hall–Kier alpha value is -1.23. The SMILES string of the molecule is Br.CCCCCCOc1ccc(OC(=O)CCCCC)c(N)c1. The zero-order valence-electron chi connectivity index (χ0n) is 14.3. The first kappa shape index (κ1) is 21.8. The third-order valence-electron chi connectivity index (χ3n) is 3.46. The van der Waals surface area contributed by atoms with Crippen LogP contribution in [0, 0.1) is 0 Å². The Morgan fingerprint density at radius 1 is 1.04 bits per heavy atom. The van der Waals surface area contributed by atoms with E-state index in [1.165, 1.54) is 19.3 Å². The first-order valence-corrected chi connectivity index (χ1v) is 8.40. The van der Waals surface area contributed by atoms with Crippen molar-refractivity contribution < 1.29 is 14.3 Å². The molecule has 0 aromatic heterocycles. The van der Waals surface area contributed by atoms with Gasteiger partial charge in [0, 0.05) is 12.5 Å². The van der Waals surface area contributed by atoms with Gasteiger partial charge in [0.1, 0.15) is 5.75 Å². The van der Waals surface area contributed by atoms with Gasteiger partial charge in [-0.05, 0) is 25.0 Å². The normalized spacial score (nSPS) is 10.0. The van der Waals surface area contributed by atoms with Crippen molar-refractivity contribution in [2.24, 2.45) is 0 Å². The quantitative estimate of drug-likeness (QED) is 0.242. The monoisotopic (exact) mass is 387 g/mol. The number of benzene rings is 1. The summed E-state index contributed by atoms with van der Waals surface area (Å²) in [6.07, 6.45) is 8.08. The molecule has 0 saturated carbocycles. The van der Waals surface area contributed by atoms with E-state index in [4.69, 9.17) is 15.2 Å². The van der Waals surface area contributed by atoms with Crippen LogP contribution in [0.4, 0.5) is 5.69 Å². The van der Waals surface area contributed by atoms with E-state index in [1.807, 2.05) is 0 Å². The van der Waals surface area contributed by atoms with E-state index in [0.29, 0.717) is 24.5 Å². The lowest BCUT2D eigenvalue weighted by Crippen LogP contribution is -2.09. The van der Waals surface area contributed by atoms with E-state index in [0.717, 1.165) is 31.4 Å². The summed E-state index contributed by atoms with van der Waals surface area (Å²) in [6.45, 7) is 4.98. The lowest BCUT2D eigenvalue weighted by atomic mass is 10.2. The van der Waals surface area contributed by atoms with Crippen LogP contribution in [0.5, 0.6) is 11.5 Å². The lowest BCUT2D eigenvalue weighted by molar-refractivity contribution is -0.134. The molecule has 0 radical (unpaired) electrons. The molecule has 1 rings (SSSR count). The topological polar surface area (TPSA) is 61.5 Å². The van der Waals surface area contributed by atoms with Gasteiger partial charge in [-0.3, -0.25) is 4.79 Å². The van der Waals surface area contributed by atoms with Crippen LogP contribution < -0.4 is 15.2 Å². The first-order valence-electron chi connectivity index (χ1n) is 8.40. The Balaban J connectivity index is 0.00000484. The van der Waals surface area contributed by atoms with Gasteiger partial charge >= 0.3 is 5.97 Å². The summed E-state index contributed by atoms with van der Waals surface area (Å²) in [7, 11) is 0. The van der Waals surface area contributed by atoms with E-state index >= 15 is 0 Å². The van der Waals surface area contributed by atoms with E-state index in [1.54, 1.807) is 18.2 Å². The Kier molecular flexibility index (Phi) is 12.5. The number of carbonyl (C=O) groups excluding carboxylic acids is 1. The highest BCUT2D eigenvalue weighted by atomic mass is 79.9.